The summed E-state index contributed by atoms with van der Waals surface area (Å²) in [6.07, 6.45) is 8.10. The quantitative estimate of drug-likeness (QED) is 0.687. The molecule has 128 valence electrons. The van der Waals surface area contributed by atoms with Gasteiger partial charge in [-0.2, -0.15) is 0 Å². The van der Waals surface area contributed by atoms with E-state index in [4.69, 9.17) is 11.6 Å². The Morgan fingerprint density at radius 2 is 1.70 bits per heavy atom. The number of carbonyl (C=O) groups is 1. The second kappa shape index (κ2) is 4.85. The van der Waals surface area contributed by atoms with Gasteiger partial charge < -0.3 is 5.11 Å². The maximum atomic E-state index is 12.0. The average Bonchev–Trinajstić information content (AvgIpc) is 2.74. The zero-order chi connectivity index (χ0) is 16.6. The fourth-order valence-electron chi connectivity index (χ4n) is 6.89. The lowest BCUT2D eigenvalue weighted by Crippen LogP contribution is -2.54. The van der Waals surface area contributed by atoms with Crippen LogP contribution in [0.1, 0.15) is 72.1 Å². The summed E-state index contributed by atoms with van der Waals surface area (Å²) in [7, 11) is 0. The van der Waals surface area contributed by atoms with E-state index in [-0.39, 0.29) is 16.6 Å². The van der Waals surface area contributed by atoms with Gasteiger partial charge >= 0.3 is 0 Å². The summed E-state index contributed by atoms with van der Waals surface area (Å²) < 4.78 is 0. The summed E-state index contributed by atoms with van der Waals surface area (Å²) in [6, 6.07) is 0. The molecule has 1 N–H and O–H groups in total. The summed E-state index contributed by atoms with van der Waals surface area (Å²) >= 11 is 6.44. The molecule has 0 saturated heterocycles. The van der Waals surface area contributed by atoms with Crippen LogP contribution in [0.15, 0.2) is 10.6 Å². The van der Waals surface area contributed by atoms with Crippen molar-refractivity contribution in [3.63, 3.8) is 0 Å². The minimum atomic E-state index is -0.514. The molecular formula is C20H29ClO2. The van der Waals surface area contributed by atoms with E-state index >= 15 is 0 Å². The van der Waals surface area contributed by atoms with Crippen molar-refractivity contribution < 1.29 is 9.90 Å². The molecule has 4 rings (SSSR count). The SMILES string of the molecule is C[C@]12CCC(=O)C(Cl)=C1CCC1C2CC[C@@]2(C)C1CC[C@]2(C)O. The fraction of sp³-hybridized carbons (Fsp3) is 0.850. The van der Waals surface area contributed by atoms with Crippen LogP contribution in [0.25, 0.3) is 0 Å². The molecule has 6 atom stereocenters. The highest BCUT2D eigenvalue weighted by Crippen LogP contribution is 2.67. The molecule has 3 saturated carbocycles. The molecule has 3 heteroatoms. The molecule has 23 heavy (non-hydrogen) atoms. The van der Waals surface area contributed by atoms with Gasteiger partial charge in [0.25, 0.3) is 0 Å². The summed E-state index contributed by atoms with van der Waals surface area (Å²) in [5.74, 6) is 2.11. The lowest BCUT2D eigenvalue weighted by molar-refractivity contribution is -0.124. The Morgan fingerprint density at radius 3 is 2.43 bits per heavy atom. The summed E-state index contributed by atoms with van der Waals surface area (Å²) in [6.45, 7) is 6.75. The largest absolute Gasteiger partial charge is 0.390 e. The van der Waals surface area contributed by atoms with Gasteiger partial charge in [0.05, 0.1) is 10.6 Å². The van der Waals surface area contributed by atoms with Crippen molar-refractivity contribution in [1.82, 2.24) is 0 Å². The number of ketones is 1. The Balaban J connectivity index is 1.72. The van der Waals surface area contributed by atoms with Crippen LogP contribution in [0.5, 0.6) is 0 Å². The lowest BCUT2D eigenvalue weighted by atomic mass is 9.46. The molecule has 3 unspecified atom stereocenters. The predicted octanol–water partition coefficient (Wildman–Crippen LogP) is 4.84. The summed E-state index contributed by atoms with van der Waals surface area (Å²) in [5, 5.41) is 11.5. The van der Waals surface area contributed by atoms with Crippen LogP contribution < -0.4 is 0 Å². The van der Waals surface area contributed by atoms with Crippen LogP contribution >= 0.6 is 11.6 Å². The van der Waals surface area contributed by atoms with Crippen molar-refractivity contribution in [2.75, 3.05) is 0 Å². The molecule has 0 heterocycles. The summed E-state index contributed by atoms with van der Waals surface area (Å²) in [4.78, 5) is 12.0. The standard InChI is InChI=1S/C20H29ClO2/c1-18-9-8-16(22)17(21)15(18)5-4-12-13(18)6-10-19(2)14(12)7-11-20(19,3)23/h12-14,23H,4-11H2,1-3H3/t12?,13?,14?,18-,19+,20+/m1/s1. The van der Waals surface area contributed by atoms with Crippen LogP contribution in [0, 0.1) is 28.6 Å². The molecule has 3 fully saturated rings. The van der Waals surface area contributed by atoms with Gasteiger partial charge in [0.2, 0.25) is 0 Å². The van der Waals surface area contributed by atoms with Crippen molar-refractivity contribution in [3.8, 4) is 0 Å². The molecule has 0 aliphatic heterocycles. The number of fused-ring (bicyclic) bond motifs is 5. The van der Waals surface area contributed by atoms with Gasteiger partial charge in [-0.1, -0.05) is 25.4 Å². The van der Waals surface area contributed by atoms with Gasteiger partial charge in [-0.05, 0) is 86.0 Å². The smallest absolute Gasteiger partial charge is 0.174 e. The van der Waals surface area contributed by atoms with Crippen LogP contribution in [0.4, 0.5) is 0 Å². The molecular weight excluding hydrogens is 308 g/mol. The number of allylic oxidation sites excluding steroid dienone is 1. The van der Waals surface area contributed by atoms with E-state index in [2.05, 4.69) is 20.8 Å². The molecule has 4 aliphatic rings. The van der Waals surface area contributed by atoms with Gasteiger partial charge in [-0.3, -0.25) is 4.79 Å². The number of rotatable bonds is 0. The maximum Gasteiger partial charge on any atom is 0.174 e. The first-order valence-electron chi connectivity index (χ1n) is 9.35. The molecule has 2 nitrogen and oxygen atoms in total. The Morgan fingerprint density at radius 1 is 1.00 bits per heavy atom. The molecule has 0 bridgehead atoms. The number of hydrogen-bond acceptors (Lipinski definition) is 2. The molecule has 0 aromatic heterocycles. The first kappa shape index (κ1) is 16.1. The van der Waals surface area contributed by atoms with E-state index in [9.17, 15) is 9.90 Å². The molecule has 0 spiro atoms. The van der Waals surface area contributed by atoms with E-state index in [1.165, 1.54) is 12.0 Å². The maximum absolute atomic E-state index is 12.0. The molecule has 0 amide bonds. The lowest BCUT2D eigenvalue weighted by Gasteiger charge is -2.59. The average molecular weight is 337 g/mol. The predicted molar refractivity (Wildman–Crippen MR) is 92.1 cm³/mol. The Labute approximate surface area is 144 Å². The van der Waals surface area contributed by atoms with Crippen molar-refractivity contribution >= 4 is 17.4 Å². The van der Waals surface area contributed by atoms with Gasteiger partial charge in [-0.15, -0.1) is 0 Å². The van der Waals surface area contributed by atoms with Gasteiger partial charge in [0.1, 0.15) is 0 Å². The summed E-state index contributed by atoms with van der Waals surface area (Å²) in [5.41, 5.74) is 0.925. The Hall–Kier alpha value is -0.340. The molecule has 4 aliphatic carbocycles. The second-order valence-electron chi connectivity index (χ2n) is 9.32. The number of carbonyl (C=O) groups excluding carboxylic acids is 1. The van der Waals surface area contributed by atoms with Gasteiger partial charge in [-0.25, -0.2) is 0 Å². The van der Waals surface area contributed by atoms with Crippen LogP contribution in [0.3, 0.4) is 0 Å². The van der Waals surface area contributed by atoms with Gasteiger partial charge in [0, 0.05) is 6.42 Å². The normalized spacial score (nSPS) is 52.9. The third kappa shape index (κ3) is 1.94. The van der Waals surface area contributed by atoms with Crippen molar-refractivity contribution in [1.29, 1.82) is 0 Å². The van der Waals surface area contributed by atoms with Crippen molar-refractivity contribution in [2.24, 2.45) is 28.6 Å². The first-order valence-corrected chi connectivity index (χ1v) is 9.73. The van der Waals surface area contributed by atoms with E-state index < -0.39 is 5.60 Å². The number of hydrogen-bond donors (Lipinski definition) is 1. The zero-order valence-corrected chi connectivity index (χ0v) is 15.4. The number of aliphatic hydroxyl groups is 1. The van der Waals surface area contributed by atoms with E-state index in [1.54, 1.807) is 0 Å². The van der Waals surface area contributed by atoms with E-state index in [0.29, 0.717) is 29.2 Å². The first-order chi connectivity index (χ1) is 10.7. The molecule has 0 radical (unpaired) electrons. The monoisotopic (exact) mass is 336 g/mol. The van der Waals surface area contributed by atoms with E-state index in [0.717, 1.165) is 38.5 Å². The van der Waals surface area contributed by atoms with Crippen LogP contribution in [-0.2, 0) is 4.79 Å². The third-order valence-corrected chi connectivity index (χ3v) is 9.05. The van der Waals surface area contributed by atoms with Crippen LogP contribution in [0.2, 0.25) is 0 Å². The van der Waals surface area contributed by atoms with Gasteiger partial charge in [0.15, 0.2) is 5.78 Å². The van der Waals surface area contributed by atoms with Crippen molar-refractivity contribution in [3.05, 3.63) is 10.6 Å². The van der Waals surface area contributed by atoms with Crippen molar-refractivity contribution in [2.45, 2.75) is 77.7 Å². The Kier molecular flexibility index (Phi) is 3.40. The molecule has 0 aromatic rings. The fourth-order valence-corrected chi connectivity index (χ4v) is 7.30. The minimum Gasteiger partial charge on any atom is -0.390 e. The van der Waals surface area contributed by atoms with Crippen LogP contribution in [-0.4, -0.2) is 16.5 Å². The highest BCUT2D eigenvalue weighted by molar-refractivity contribution is 6.43. The minimum absolute atomic E-state index is 0.0695. The van der Waals surface area contributed by atoms with E-state index in [1.807, 2.05) is 0 Å². The zero-order valence-electron chi connectivity index (χ0n) is 14.6. The third-order valence-electron chi connectivity index (χ3n) is 8.62. The number of Topliss-reactive ketones (excluding diaryl/α,β-unsaturated/α-hetero) is 1. The highest BCUT2D eigenvalue weighted by Gasteiger charge is 2.62. The topological polar surface area (TPSA) is 37.3 Å². The molecule has 0 aromatic carbocycles. The highest BCUT2D eigenvalue weighted by atomic mass is 35.5. The number of halogens is 1. The second-order valence-corrected chi connectivity index (χ2v) is 9.70. The Bertz CT molecular complexity index is 592.